The molecule has 0 aliphatic rings. The van der Waals surface area contributed by atoms with Gasteiger partial charge in [-0.15, -0.1) is 0 Å². The zero-order valence-electron chi connectivity index (χ0n) is 14.5. The first-order valence-electron chi connectivity index (χ1n) is 7.74. The normalized spacial score (nSPS) is 11.1. The SMILES string of the molecule is CC(C)(C)c1cc(Br)ccc1OCC(=O)Nc1ccc(Cl)c([N+](=O)[O-])c1. The highest BCUT2D eigenvalue weighted by atomic mass is 79.9. The van der Waals surface area contributed by atoms with Crippen molar-refractivity contribution in [2.45, 2.75) is 26.2 Å². The Morgan fingerprint density at radius 1 is 1.27 bits per heavy atom. The van der Waals surface area contributed by atoms with Crippen molar-refractivity contribution in [1.82, 2.24) is 0 Å². The molecule has 0 fully saturated rings. The lowest BCUT2D eigenvalue weighted by molar-refractivity contribution is -0.384. The molecule has 0 aliphatic carbocycles. The zero-order valence-corrected chi connectivity index (χ0v) is 16.8. The van der Waals surface area contributed by atoms with Gasteiger partial charge in [-0.25, -0.2) is 0 Å². The summed E-state index contributed by atoms with van der Waals surface area (Å²) in [6.45, 7) is 5.93. The molecule has 2 aromatic carbocycles. The van der Waals surface area contributed by atoms with Crippen LogP contribution in [0.25, 0.3) is 0 Å². The molecule has 0 spiro atoms. The van der Waals surface area contributed by atoms with E-state index in [2.05, 4.69) is 42.0 Å². The van der Waals surface area contributed by atoms with Gasteiger partial charge in [0, 0.05) is 21.8 Å². The predicted molar refractivity (Wildman–Crippen MR) is 105 cm³/mol. The second-order valence-electron chi connectivity index (χ2n) is 6.65. The van der Waals surface area contributed by atoms with Gasteiger partial charge in [-0.05, 0) is 35.7 Å². The van der Waals surface area contributed by atoms with Crippen LogP contribution in [0.3, 0.4) is 0 Å². The fraction of sp³-hybridized carbons (Fsp3) is 0.278. The number of carbonyl (C=O) groups excluding carboxylic acids is 1. The number of hydrogen-bond donors (Lipinski definition) is 1. The van der Waals surface area contributed by atoms with Crippen LogP contribution in [0.2, 0.25) is 5.02 Å². The van der Waals surface area contributed by atoms with Crippen LogP contribution in [-0.4, -0.2) is 17.4 Å². The predicted octanol–water partition coefficient (Wildman–Crippen LogP) is 5.33. The Morgan fingerprint density at radius 2 is 1.96 bits per heavy atom. The summed E-state index contributed by atoms with van der Waals surface area (Å²) in [6.07, 6.45) is 0. The van der Waals surface area contributed by atoms with Gasteiger partial charge in [0.1, 0.15) is 10.8 Å². The van der Waals surface area contributed by atoms with E-state index in [9.17, 15) is 14.9 Å². The van der Waals surface area contributed by atoms with E-state index in [0.717, 1.165) is 10.0 Å². The van der Waals surface area contributed by atoms with E-state index in [-0.39, 0.29) is 28.4 Å². The summed E-state index contributed by atoms with van der Waals surface area (Å²) in [5, 5.41) is 13.5. The molecule has 2 aromatic rings. The quantitative estimate of drug-likeness (QED) is 0.502. The average Bonchev–Trinajstić information content (AvgIpc) is 2.54. The third-order valence-electron chi connectivity index (χ3n) is 3.53. The molecule has 1 N–H and O–H groups in total. The third kappa shape index (κ3) is 5.19. The minimum Gasteiger partial charge on any atom is -0.483 e. The molecule has 138 valence electrons. The number of rotatable bonds is 5. The van der Waals surface area contributed by atoms with E-state index >= 15 is 0 Å². The Balaban J connectivity index is 2.09. The highest BCUT2D eigenvalue weighted by Crippen LogP contribution is 2.33. The number of nitrogens with one attached hydrogen (secondary N) is 1. The van der Waals surface area contributed by atoms with Gasteiger partial charge >= 0.3 is 0 Å². The summed E-state index contributed by atoms with van der Waals surface area (Å²) < 4.78 is 6.59. The number of anilines is 1. The molecule has 0 atom stereocenters. The average molecular weight is 442 g/mol. The van der Waals surface area contributed by atoms with Crippen LogP contribution in [0, 0.1) is 10.1 Å². The van der Waals surface area contributed by atoms with Crippen molar-refractivity contribution in [2.75, 3.05) is 11.9 Å². The Bertz CT molecular complexity index is 850. The molecule has 0 aliphatic heterocycles. The smallest absolute Gasteiger partial charge is 0.289 e. The van der Waals surface area contributed by atoms with E-state index in [0.29, 0.717) is 5.75 Å². The topological polar surface area (TPSA) is 81.5 Å². The van der Waals surface area contributed by atoms with Gasteiger partial charge in [0.15, 0.2) is 6.61 Å². The molecule has 0 heterocycles. The number of halogens is 2. The molecule has 0 radical (unpaired) electrons. The Morgan fingerprint density at radius 3 is 2.58 bits per heavy atom. The van der Waals surface area contributed by atoms with Crippen molar-refractivity contribution < 1.29 is 14.5 Å². The molecule has 6 nitrogen and oxygen atoms in total. The largest absolute Gasteiger partial charge is 0.483 e. The first kappa shape index (κ1) is 20.2. The molecule has 8 heteroatoms. The summed E-state index contributed by atoms with van der Waals surface area (Å²) in [5.41, 5.74) is 0.809. The van der Waals surface area contributed by atoms with Gasteiger partial charge in [-0.3, -0.25) is 14.9 Å². The van der Waals surface area contributed by atoms with E-state index in [1.165, 1.54) is 18.2 Å². The van der Waals surface area contributed by atoms with Crippen molar-refractivity contribution in [3.63, 3.8) is 0 Å². The van der Waals surface area contributed by atoms with E-state index < -0.39 is 10.8 Å². The number of nitro benzene ring substituents is 1. The number of benzene rings is 2. The van der Waals surface area contributed by atoms with Crippen LogP contribution in [-0.2, 0) is 10.2 Å². The second kappa shape index (κ2) is 8.05. The van der Waals surface area contributed by atoms with Crippen molar-refractivity contribution in [3.8, 4) is 5.75 Å². The summed E-state index contributed by atoms with van der Waals surface area (Å²) in [6, 6.07) is 9.66. The van der Waals surface area contributed by atoms with E-state index in [1.54, 1.807) is 6.07 Å². The van der Waals surface area contributed by atoms with Crippen molar-refractivity contribution in [2.24, 2.45) is 0 Å². The zero-order chi connectivity index (χ0) is 19.5. The van der Waals surface area contributed by atoms with Gasteiger partial charge in [-0.1, -0.05) is 48.3 Å². The molecule has 0 saturated carbocycles. The number of nitro groups is 1. The van der Waals surface area contributed by atoms with Crippen LogP contribution < -0.4 is 10.1 Å². The van der Waals surface area contributed by atoms with Gasteiger partial charge in [0.05, 0.1) is 4.92 Å². The first-order chi connectivity index (χ1) is 12.1. The van der Waals surface area contributed by atoms with Crippen molar-refractivity contribution in [1.29, 1.82) is 0 Å². The van der Waals surface area contributed by atoms with Crippen LogP contribution in [0.5, 0.6) is 5.75 Å². The number of hydrogen-bond acceptors (Lipinski definition) is 4. The molecule has 0 aromatic heterocycles. The summed E-state index contributed by atoms with van der Waals surface area (Å²) in [4.78, 5) is 22.4. The standard InChI is InChI=1S/C18H18BrClN2O4/c1-18(2,3)13-8-11(19)4-7-16(13)26-10-17(23)21-12-5-6-14(20)15(9-12)22(24)25/h4-9H,10H2,1-3H3,(H,21,23). The van der Waals surface area contributed by atoms with E-state index in [1.807, 2.05) is 12.1 Å². The van der Waals surface area contributed by atoms with Crippen molar-refractivity contribution in [3.05, 3.63) is 61.6 Å². The summed E-state index contributed by atoms with van der Waals surface area (Å²) in [7, 11) is 0. The van der Waals surface area contributed by atoms with Gasteiger partial charge < -0.3 is 10.1 Å². The molecular weight excluding hydrogens is 424 g/mol. The van der Waals surface area contributed by atoms with Gasteiger partial charge in [0.2, 0.25) is 0 Å². The van der Waals surface area contributed by atoms with Crippen LogP contribution >= 0.6 is 27.5 Å². The van der Waals surface area contributed by atoms with Crippen molar-refractivity contribution >= 4 is 44.8 Å². The van der Waals surface area contributed by atoms with Gasteiger partial charge in [0.25, 0.3) is 11.6 Å². The van der Waals surface area contributed by atoms with Crippen LogP contribution in [0.15, 0.2) is 40.9 Å². The highest BCUT2D eigenvalue weighted by Gasteiger charge is 2.20. The van der Waals surface area contributed by atoms with Crippen LogP contribution in [0.1, 0.15) is 26.3 Å². The molecule has 0 saturated heterocycles. The Hall–Kier alpha value is -2.12. The lowest BCUT2D eigenvalue weighted by Gasteiger charge is -2.23. The maximum absolute atomic E-state index is 12.1. The minimum atomic E-state index is -0.605. The molecular formula is C18H18BrClN2O4. The summed E-state index contributed by atoms with van der Waals surface area (Å²) >= 11 is 9.20. The monoisotopic (exact) mass is 440 g/mol. The van der Waals surface area contributed by atoms with Gasteiger partial charge in [-0.2, -0.15) is 0 Å². The lowest BCUT2D eigenvalue weighted by Crippen LogP contribution is -2.22. The molecule has 2 rings (SSSR count). The Kier molecular flexibility index (Phi) is 6.26. The molecule has 1 amide bonds. The lowest BCUT2D eigenvalue weighted by atomic mass is 9.86. The number of nitrogens with zero attached hydrogens (tertiary/aromatic N) is 1. The molecule has 0 unspecified atom stereocenters. The fourth-order valence-corrected chi connectivity index (χ4v) is 2.83. The number of carbonyl (C=O) groups is 1. The summed E-state index contributed by atoms with van der Waals surface area (Å²) in [5.74, 6) is 0.183. The van der Waals surface area contributed by atoms with E-state index in [4.69, 9.17) is 16.3 Å². The van der Waals surface area contributed by atoms with Crippen LogP contribution in [0.4, 0.5) is 11.4 Å². The molecule has 26 heavy (non-hydrogen) atoms. The third-order valence-corrected chi connectivity index (χ3v) is 4.35. The molecule has 0 bridgehead atoms. The fourth-order valence-electron chi connectivity index (χ4n) is 2.28. The maximum atomic E-state index is 12.1. The second-order valence-corrected chi connectivity index (χ2v) is 7.97. The minimum absolute atomic E-state index is 0.00827. The number of amides is 1. The highest BCUT2D eigenvalue weighted by molar-refractivity contribution is 9.10. The maximum Gasteiger partial charge on any atom is 0.289 e. The number of ether oxygens (including phenoxy) is 1. The first-order valence-corrected chi connectivity index (χ1v) is 8.91. The Labute approximate surface area is 164 Å².